The summed E-state index contributed by atoms with van der Waals surface area (Å²) < 4.78 is 21.1. The number of carbonyl (C=O) groups is 1. The standard InChI is InChI=1S/C22H47N2O5P/c1-4-7-8-9-10-11-12-13-14-15-16-17-18-19-20-21-22(25)23-28-30(26,27)29-24(5-2)6-3/h4-21H2,1-3H3,(H,23,25)(H,26,27). The maximum absolute atomic E-state index is 11.7. The van der Waals surface area contributed by atoms with Gasteiger partial charge in [-0.25, -0.2) is 10.0 Å². The minimum absolute atomic E-state index is 0.281. The van der Waals surface area contributed by atoms with Crippen molar-refractivity contribution in [3.05, 3.63) is 0 Å². The molecule has 1 amide bonds. The minimum atomic E-state index is -4.32. The van der Waals surface area contributed by atoms with Gasteiger partial charge in [-0.15, -0.1) is 0 Å². The normalized spacial score (nSPS) is 13.5. The Morgan fingerprint density at radius 1 is 0.767 bits per heavy atom. The highest BCUT2D eigenvalue weighted by Crippen LogP contribution is 2.42. The van der Waals surface area contributed by atoms with Gasteiger partial charge < -0.3 is 4.89 Å². The lowest BCUT2D eigenvalue weighted by Crippen LogP contribution is -2.27. The van der Waals surface area contributed by atoms with Crippen LogP contribution in [0, 0.1) is 0 Å². The zero-order chi connectivity index (χ0) is 22.5. The summed E-state index contributed by atoms with van der Waals surface area (Å²) in [6.07, 6.45) is 19.3. The van der Waals surface area contributed by atoms with Gasteiger partial charge in [0.1, 0.15) is 0 Å². The van der Waals surface area contributed by atoms with E-state index >= 15 is 0 Å². The molecule has 0 aliphatic rings. The summed E-state index contributed by atoms with van der Waals surface area (Å²) in [5.74, 6) is -0.401. The molecule has 0 radical (unpaired) electrons. The number of nitrogens with one attached hydrogen (secondary N) is 1. The summed E-state index contributed by atoms with van der Waals surface area (Å²) in [5, 5.41) is 1.29. The molecule has 0 aromatic carbocycles. The molecule has 180 valence electrons. The number of amides is 1. The molecular formula is C22H47N2O5P. The van der Waals surface area contributed by atoms with Gasteiger partial charge >= 0.3 is 7.82 Å². The fourth-order valence-corrected chi connectivity index (χ4v) is 4.09. The van der Waals surface area contributed by atoms with Gasteiger partial charge in [0.25, 0.3) is 0 Å². The van der Waals surface area contributed by atoms with Crippen molar-refractivity contribution in [2.24, 2.45) is 0 Å². The second-order valence-electron chi connectivity index (χ2n) is 7.98. The molecule has 0 aliphatic carbocycles. The molecule has 0 aromatic heterocycles. The van der Waals surface area contributed by atoms with E-state index in [9.17, 15) is 14.3 Å². The molecule has 0 bridgehead atoms. The van der Waals surface area contributed by atoms with Crippen LogP contribution in [0.4, 0.5) is 0 Å². The summed E-state index contributed by atoms with van der Waals surface area (Å²) in [6, 6.07) is 0. The van der Waals surface area contributed by atoms with Gasteiger partial charge in [0, 0.05) is 19.5 Å². The molecule has 0 fully saturated rings. The topological polar surface area (TPSA) is 88.1 Å². The smallest absolute Gasteiger partial charge is 0.300 e. The van der Waals surface area contributed by atoms with E-state index in [4.69, 9.17) is 4.62 Å². The molecule has 0 aromatic rings. The fraction of sp³-hybridized carbons (Fsp3) is 0.955. The van der Waals surface area contributed by atoms with E-state index in [-0.39, 0.29) is 6.42 Å². The molecule has 8 heteroatoms. The van der Waals surface area contributed by atoms with Crippen LogP contribution in [0.2, 0.25) is 0 Å². The first-order chi connectivity index (χ1) is 14.4. The van der Waals surface area contributed by atoms with Crippen molar-refractivity contribution in [2.75, 3.05) is 13.1 Å². The van der Waals surface area contributed by atoms with Crippen LogP contribution in [-0.4, -0.2) is 29.0 Å². The van der Waals surface area contributed by atoms with Crippen LogP contribution in [0.1, 0.15) is 124 Å². The first-order valence-electron chi connectivity index (χ1n) is 12.2. The van der Waals surface area contributed by atoms with Crippen LogP contribution in [0.3, 0.4) is 0 Å². The SMILES string of the molecule is CCCCCCCCCCCCCCCCCC(=O)NOP(=O)(O)ON(CC)CC. The molecule has 0 rings (SSSR count). The first kappa shape index (κ1) is 29.5. The van der Waals surface area contributed by atoms with Crippen molar-refractivity contribution in [1.29, 1.82) is 0 Å². The third-order valence-electron chi connectivity index (χ3n) is 5.21. The average Bonchev–Trinajstić information content (AvgIpc) is 2.73. The molecule has 0 heterocycles. The second-order valence-corrected chi connectivity index (χ2v) is 9.26. The Morgan fingerprint density at radius 2 is 1.17 bits per heavy atom. The molecule has 0 saturated heterocycles. The van der Waals surface area contributed by atoms with Crippen molar-refractivity contribution in [3.8, 4) is 0 Å². The summed E-state index contributed by atoms with van der Waals surface area (Å²) in [5.41, 5.74) is 2.02. The number of hydroxylamine groups is 3. The maximum atomic E-state index is 11.7. The zero-order valence-electron chi connectivity index (χ0n) is 19.7. The van der Waals surface area contributed by atoms with E-state index in [0.29, 0.717) is 13.1 Å². The molecular weight excluding hydrogens is 403 g/mol. The van der Waals surface area contributed by atoms with Crippen molar-refractivity contribution in [2.45, 2.75) is 124 Å². The molecule has 7 nitrogen and oxygen atoms in total. The maximum Gasteiger partial charge on any atom is 0.510 e. The Morgan fingerprint density at radius 3 is 1.57 bits per heavy atom. The van der Waals surface area contributed by atoms with Crippen molar-refractivity contribution in [3.63, 3.8) is 0 Å². The van der Waals surface area contributed by atoms with Crippen LogP contribution in [0.5, 0.6) is 0 Å². The Balaban J connectivity index is 3.44. The Labute approximate surface area is 184 Å². The van der Waals surface area contributed by atoms with Crippen LogP contribution >= 0.6 is 7.82 Å². The average molecular weight is 451 g/mol. The van der Waals surface area contributed by atoms with E-state index in [2.05, 4.69) is 11.5 Å². The first-order valence-corrected chi connectivity index (χ1v) is 13.7. The summed E-state index contributed by atoms with van der Waals surface area (Å²) in [6.45, 7) is 6.72. The third kappa shape index (κ3) is 19.5. The Bertz CT molecular complexity index is 447. The summed E-state index contributed by atoms with van der Waals surface area (Å²) >= 11 is 0. The molecule has 0 spiro atoms. The highest BCUT2D eigenvalue weighted by atomic mass is 31.2. The third-order valence-corrected chi connectivity index (χ3v) is 5.97. The zero-order valence-corrected chi connectivity index (χ0v) is 20.6. The summed E-state index contributed by atoms with van der Waals surface area (Å²) in [7, 11) is -4.32. The van der Waals surface area contributed by atoms with Gasteiger partial charge in [0.15, 0.2) is 0 Å². The second kappa shape index (κ2) is 20.4. The predicted molar refractivity (Wildman–Crippen MR) is 123 cm³/mol. The number of rotatable bonds is 22. The van der Waals surface area contributed by atoms with Crippen molar-refractivity contribution in [1.82, 2.24) is 10.5 Å². The highest BCUT2D eigenvalue weighted by Gasteiger charge is 2.26. The van der Waals surface area contributed by atoms with Crippen molar-refractivity contribution >= 4 is 13.7 Å². The Kier molecular flexibility index (Phi) is 20.1. The van der Waals surface area contributed by atoms with Gasteiger partial charge in [-0.2, -0.15) is 14.3 Å². The molecule has 0 aliphatic heterocycles. The molecule has 1 atom stereocenters. The van der Waals surface area contributed by atoms with Crippen LogP contribution in [-0.2, 0) is 18.6 Å². The molecule has 2 N–H and O–H groups in total. The van der Waals surface area contributed by atoms with Gasteiger partial charge in [0.2, 0.25) is 5.91 Å². The van der Waals surface area contributed by atoms with E-state index in [1.165, 1.54) is 82.1 Å². The van der Waals surface area contributed by atoms with Gasteiger partial charge in [-0.05, 0) is 6.42 Å². The number of phosphoric acid groups is 1. The highest BCUT2D eigenvalue weighted by molar-refractivity contribution is 7.47. The molecule has 1 unspecified atom stereocenters. The van der Waals surface area contributed by atoms with E-state index in [1.54, 1.807) is 13.8 Å². The molecule has 0 saturated carbocycles. The lowest BCUT2D eigenvalue weighted by Gasteiger charge is -2.20. The van der Waals surface area contributed by atoms with Crippen molar-refractivity contribution < 1.29 is 23.5 Å². The number of nitrogens with zero attached hydrogens (tertiary/aromatic N) is 1. The van der Waals surface area contributed by atoms with Gasteiger partial charge in [0.05, 0.1) is 0 Å². The van der Waals surface area contributed by atoms with Crippen LogP contribution < -0.4 is 5.48 Å². The van der Waals surface area contributed by atoms with E-state index in [1.807, 2.05) is 5.48 Å². The van der Waals surface area contributed by atoms with Crippen LogP contribution in [0.15, 0.2) is 0 Å². The lowest BCUT2D eigenvalue weighted by atomic mass is 10.0. The number of hydrogen-bond donors (Lipinski definition) is 2. The van der Waals surface area contributed by atoms with E-state index in [0.717, 1.165) is 19.3 Å². The summed E-state index contributed by atoms with van der Waals surface area (Å²) in [4.78, 5) is 21.3. The van der Waals surface area contributed by atoms with Crippen LogP contribution in [0.25, 0.3) is 0 Å². The quantitative estimate of drug-likeness (QED) is 0.109. The predicted octanol–water partition coefficient (Wildman–Crippen LogP) is 6.67. The largest absolute Gasteiger partial charge is 0.510 e. The van der Waals surface area contributed by atoms with Gasteiger partial charge in [-0.1, -0.05) is 111 Å². The lowest BCUT2D eigenvalue weighted by molar-refractivity contribution is -0.132. The minimum Gasteiger partial charge on any atom is -0.300 e. The molecule has 30 heavy (non-hydrogen) atoms. The number of unbranched alkanes of at least 4 members (excludes halogenated alkanes) is 14. The Hall–Kier alpha value is -0.460. The van der Waals surface area contributed by atoms with E-state index < -0.39 is 13.7 Å². The number of hydrogen-bond acceptors (Lipinski definition) is 5. The fourth-order valence-electron chi connectivity index (χ4n) is 3.32. The van der Waals surface area contributed by atoms with Gasteiger partial charge in [-0.3, -0.25) is 4.79 Å². The monoisotopic (exact) mass is 450 g/mol. The number of carbonyl (C=O) groups excluding carboxylic acids is 1.